The molecule has 186 valence electrons. The number of H-pyrrole nitrogens is 1. The number of aryl methyl sites for hydroxylation is 1. The van der Waals surface area contributed by atoms with E-state index in [0.29, 0.717) is 18.7 Å². The molecule has 1 aromatic carbocycles. The topological polar surface area (TPSA) is 88.2 Å². The number of ether oxygens (including phenoxy) is 1. The second-order valence-electron chi connectivity index (χ2n) is 9.22. The smallest absolute Gasteiger partial charge is 0.372 e. The molecule has 1 fully saturated rings. The first kappa shape index (κ1) is 24.8. The molecule has 0 bridgehead atoms. The van der Waals surface area contributed by atoms with Crippen molar-refractivity contribution in [2.45, 2.75) is 58.4 Å². The molecule has 1 amide bonds. The van der Waals surface area contributed by atoms with Crippen LogP contribution in [-0.4, -0.2) is 51.1 Å². The van der Waals surface area contributed by atoms with Crippen LogP contribution in [0, 0.1) is 6.92 Å². The lowest BCUT2D eigenvalue weighted by Gasteiger charge is -2.35. The zero-order chi connectivity index (χ0) is 25.5. The molecule has 35 heavy (non-hydrogen) atoms. The van der Waals surface area contributed by atoms with Gasteiger partial charge in [0.25, 0.3) is 11.5 Å². The molecule has 4 rings (SSSR count). The number of pyridine rings is 1. The van der Waals surface area contributed by atoms with E-state index in [1.165, 1.54) is 13.0 Å². The van der Waals surface area contributed by atoms with Crippen molar-refractivity contribution >= 4 is 16.9 Å². The monoisotopic (exact) mass is 488 g/mol. The summed E-state index contributed by atoms with van der Waals surface area (Å²) in [5, 5.41) is 0.0142. The minimum Gasteiger partial charge on any atom is -0.372 e. The van der Waals surface area contributed by atoms with Crippen LogP contribution >= 0.6 is 0 Å². The zero-order valence-electron chi connectivity index (χ0n) is 19.9. The van der Waals surface area contributed by atoms with Gasteiger partial charge in [0.15, 0.2) is 5.65 Å². The summed E-state index contributed by atoms with van der Waals surface area (Å²) in [5.41, 5.74) is -0.600. The van der Waals surface area contributed by atoms with Crippen LogP contribution in [0.1, 0.15) is 59.7 Å². The van der Waals surface area contributed by atoms with Gasteiger partial charge in [-0.3, -0.25) is 9.59 Å². The fourth-order valence-electron chi connectivity index (χ4n) is 4.57. The first-order valence-electron chi connectivity index (χ1n) is 11.4. The Bertz CT molecular complexity index is 1290. The average molecular weight is 489 g/mol. The number of carbonyl (C=O) groups is 1. The van der Waals surface area contributed by atoms with Crippen LogP contribution in [0.25, 0.3) is 11.0 Å². The molecule has 0 aliphatic carbocycles. The fraction of sp³-hybridized carbons (Fsp3) is 0.440. The van der Waals surface area contributed by atoms with Gasteiger partial charge in [-0.25, -0.2) is 9.97 Å². The molecule has 3 aromatic rings. The van der Waals surface area contributed by atoms with E-state index in [4.69, 9.17) is 4.74 Å². The van der Waals surface area contributed by atoms with Gasteiger partial charge < -0.3 is 14.6 Å². The highest BCUT2D eigenvalue weighted by atomic mass is 19.4. The van der Waals surface area contributed by atoms with E-state index in [9.17, 15) is 22.8 Å². The number of hydrogen-bond acceptors (Lipinski definition) is 5. The Morgan fingerprint density at radius 3 is 2.40 bits per heavy atom. The number of nitrogens with zero attached hydrogens (tertiary/aromatic N) is 3. The number of aromatic amines is 1. The summed E-state index contributed by atoms with van der Waals surface area (Å²) in [5.74, 6) is -0.502. The van der Waals surface area contributed by atoms with Crippen LogP contribution in [0.2, 0.25) is 0 Å². The SMILES string of the molecule is Cc1nc2nc(C(F)(F)F)c(C(C)Cc3ccc(C(=O)N4CC(C)OC(C)C4)cc3)cc2c(=O)[nH]1. The van der Waals surface area contributed by atoms with Crippen molar-refractivity contribution in [2.75, 3.05) is 13.1 Å². The largest absolute Gasteiger partial charge is 0.433 e. The first-order valence-corrected chi connectivity index (χ1v) is 11.4. The minimum absolute atomic E-state index is 0.0142. The molecule has 1 aliphatic rings. The Hall–Kier alpha value is -3.27. The van der Waals surface area contributed by atoms with Crippen LogP contribution in [0.3, 0.4) is 0 Å². The molecule has 7 nitrogen and oxygen atoms in total. The van der Waals surface area contributed by atoms with Crippen molar-refractivity contribution in [1.82, 2.24) is 19.9 Å². The molecule has 0 radical (unpaired) electrons. The highest BCUT2D eigenvalue weighted by molar-refractivity contribution is 5.94. The molecule has 1 aliphatic heterocycles. The van der Waals surface area contributed by atoms with Crippen molar-refractivity contribution < 1.29 is 22.7 Å². The van der Waals surface area contributed by atoms with Gasteiger partial charge in [0, 0.05) is 18.7 Å². The van der Waals surface area contributed by atoms with Crippen LogP contribution in [0.15, 0.2) is 35.1 Å². The van der Waals surface area contributed by atoms with E-state index in [1.54, 1.807) is 36.1 Å². The van der Waals surface area contributed by atoms with Crippen molar-refractivity contribution in [3.63, 3.8) is 0 Å². The number of carbonyl (C=O) groups excluding carboxylic acids is 1. The maximum absolute atomic E-state index is 13.8. The average Bonchev–Trinajstić information content (AvgIpc) is 2.77. The van der Waals surface area contributed by atoms with Gasteiger partial charge in [-0.05, 0) is 62.4 Å². The van der Waals surface area contributed by atoms with Gasteiger partial charge in [0.2, 0.25) is 0 Å². The predicted molar refractivity (Wildman–Crippen MR) is 124 cm³/mol. The number of nitrogens with one attached hydrogen (secondary N) is 1. The number of aromatic nitrogens is 3. The molecule has 0 spiro atoms. The van der Waals surface area contributed by atoms with Crippen molar-refractivity contribution in [3.05, 3.63) is 68.9 Å². The lowest BCUT2D eigenvalue weighted by Crippen LogP contribution is -2.48. The predicted octanol–water partition coefficient (Wildman–Crippen LogP) is 4.24. The quantitative estimate of drug-likeness (QED) is 0.594. The van der Waals surface area contributed by atoms with E-state index >= 15 is 0 Å². The van der Waals surface area contributed by atoms with Crippen molar-refractivity contribution in [3.8, 4) is 0 Å². The van der Waals surface area contributed by atoms with Crippen LogP contribution in [-0.2, 0) is 17.3 Å². The Morgan fingerprint density at radius 2 is 1.80 bits per heavy atom. The van der Waals surface area contributed by atoms with Crippen LogP contribution in [0.5, 0.6) is 0 Å². The maximum atomic E-state index is 13.8. The minimum atomic E-state index is -4.70. The van der Waals surface area contributed by atoms with Crippen LogP contribution in [0.4, 0.5) is 13.2 Å². The first-order chi connectivity index (χ1) is 16.4. The molecule has 3 atom stereocenters. The number of halogens is 3. The van der Waals surface area contributed by atoms with Gasteiger partial charge in [-0.1, -0.05) is 19.1 Å². The lowest BCUT2D eigenvalue weighted by atomic mass is 9.91. The Kier molecular flexibility index (Phi) is 6.68. The molecule has 0 saturated carbocycles. The zero-order valence-corrected chi connectivity index (χ0v) is 19.9. The maximum Gasteiger partial charge on any atom is 0.433 e. The van der Waals surface area contributed by atoms with E-state index in [1.807, 2.05) is 13.8 Å². The number of benzene rings is 1. The summed E-state index contributed by atoms with van der Waals surface area (Å²) in [7, 11) is 0. The third-order valence-corrected chi connectivity index (χ3v) is 6.09. The highest BCUT2D eigenvalue weighted by Gasteiger charge is 2.37. The summed E-state index contributed by atoms with van der Waals surface area (Å²) < 4.78 is 47.1. The molecule has 3 heterocycles. The van der Waals surface area contributed by atoms with E-state index in [2.05, 4.69) is 15.0 Å². The normalized spacial score (nSPS) is 19.7. The standard InChI is InChI=1S/C25H27F3N4O3/c1-13(19-10-20-22(29-16(4)30-23(20)33)31-21(19)25(26,27)28)9-17-5-7-18(8-6-17)24(34)32-11-14(2)35-15(3)12-32/h5-8,10,13-15H,9,11-12H2,1-4H3,(H,29,30,31,33). The summed E-state index contributed by atoms with van der Waals surface area (Å²) in [4.78, 5) is 37.1. The molecule has 10 heteroatoms. The van der Waals surface area contributed by atoms with Crippen molar-refractivity contribution in [2.24, 2.45) is 0 Å². The lowest BCUT2D eigenvalue weighted by molar-refractivity contribution is -0.141. The molecule has 1 N–H and O–H groups in total. The van der Waals surface area contributed by atoms with Gasteiger partial charge >= 0.3 is 6.18 Å². The van der Waals surface area contributed by atoms with E-state index in [0.717, 1.165) is 5.56 Å². The number of morpholine rings is 1. The van der Waals surface area contributed by atoms with Gasteiger partial charge in [0.1, 0.15) is 11.5 Å². The highest BCUT2D eigenvalue weighted by Crippen LogP contribution is 2.36. The Morgan fingerprint density at radius 1 is 1.17 bits per heavy atom. The van der Waals surface area contributed by atoms with Crippen LogP contribution < -0.4 is 5.56 Å². The summed E-state index contributed by atoms with van der Waals surface area (Å²) in [6.07, 6.45) is -4.52. The second kappa shape index (κ2) is 9.41. The third-order valence-electron chi connectivity index (χ3n) is 6.09. The van der Waals surface area contributed by atoms with Gasteiger partial charge in [0.05, 0.1) is 17.6 Å². The number of fused-ring (bicyclic) bond motifs is 1. The number of hydrogen-bond donors (Lipinski definition) is 1. The molecular formula is C25H27F3N4O3. The molecule has 2 aromatic heterocycles. The number of amides is 1. The third kappa shape index (κ3) is 5.37. The van der Waals surface area contributed by atoms with E-state index in [-0.39, 0.29) is 47.0 Å². The summed E-state index contributed by atoms with van der Waals surface area (Å²) in [6, 6.07) is 8.11. The van der Waals surface area contributed by atoms with Gasteiger partial charge in [-0.15, -0.1) is 0 Å². The van der Waals surface area contributed by atoms with Crippen molar-refractivity contribution in [1.29, 1.82) is 0 Å². The number of alkyl halides is 3. The van der Waals surface area contributed by atoms with E-state index < -0.39 is 23.3 Å². The number of rotatable bonds is 4. The molecule has 3 unspecified atom stereocenters. The Balaban J connectivity index is 1.59. The molecular weight excluding hydrogens is 461 g/mol. The van der Waals surface area contributed by atoms with Gasteiger partial charge in [-0.2, -0.15) is 13.2 Å². The summed E-state index contributed by atoms with van der Waals surface area (Å²) in [6.45, 7) is 7.99. The second-order valence-corrected chi connectivity index (χ2v) is 9.22. The fourth-order valence-corrected chi connectivity index (χ4v) is 4.57. The Labute approximate surface area is 200 Å². The summed E-state index contributed by atoms with van der Waals surface area (Å²) >= 11 is 0. The molecule has 1 saturated heterocycles.